The van der Waals surface area contributed by atoms with Gasteiger partial charge in [-0.15, -0.1) is 12.4 Å². The first kappa shape index (κ1) is 10.3. The Bertz CT molecular complexity index is 29.3. The van der Waals surface area contributed by atoms with E-state index >= 15 is 0 Å². The summed E-state index contributed by atoms with van der Waals surface area (Å²) in [5.74, 6) is 0. The molecule has 0 aliphatic carbocycles. The summed E-state index contributed by atoms with van der Waals surface area (Å²) in [7, 11) is 0. The van der Waals surface area contributed by atoms with Gasteiger partial charge >= 0.3 is 0 Å². The Morgan fingerprint density at radius 1 is 1.57 bits per heavy atom. The van der Waals surface area contributed by atoms with Gasteiger partial charge in [-0.25, -0.2) is 0 Å². The van der Waals surface area contributed by atoms with Crippen LogP contribution < -0.4 is 0 Å². The predicted octanol–water partition coefficient (Wildman–Crippen LogP) is 1.59. The molecule has 0 aromatic heterocycles. The highest BCUT2D eigenvalue weighted by Gasteiger charge is 1.87. The molecule has 0 bridgehead atoms. The lowest BCUT2D eigenvalue weighted by Gasteiger charge is -1.95. The van der Waals surface area contributed by atoms with Gasteiger partial charge < -0.3 is 5.11 Å². The molecule has 46 valence electrons. The molecule has 7 heavy (non-hydrogen) atoms. The third-order valence-electron chi connectivity index (χ3n) is 0.706. The fourth-order valence-electron chi connectivity index (χ4n) is 0.418. The highest BCUT2D eigenvalue weighted by Crippen LogP contribution is 1.91. The van der Waals surface area contributed by atoms with Crippen molar-refractivity contribution in [2.75, 3.05) is 0 Å². The Labute approximate surface area is 51.1 Å². The number of hydrogen-bond donors (Lipinski definition) is 1. The normalized spacial score (nSPS) is 12.4. The zero-order valence-corrected chi connectivity index (χ0v) is 5.66. The summed E-state index contributed by atoms with van der Waals surface area (Å²) in [6.45, 7) is 3.87. The van der Waals surface area contributed by atoms with E-state index in [1.54, 1.807) is 0 Å². The van der Waals surface area contributed by atoms with E-state index in [1.165, 1.54) is 0 Å². The second-order valence-corrected chi connectivity index (χ2v) is 1.64. The fourth-order valence-corrected chi connectivity index (χ4v) is 0.418. The summed E-state index contributed by atoms with van der Waals surface area (Å²) in [5, 5.41) is 8.55. The first-order valence-electron chi connectivity index (χ1n) is 2.45. The van der Waals surface area contributed by atoms with E-state index in [9.17, 15) is 0 Å². The maximum Gasteiger partial charge on any atom is 0.0512 e. The smallest absolute Gasteiger partial charge is 0.0512 e. The SMILES string of the molecule is CCCC(C)O.Cl. The van der Waals surface area contributed by atoms with Crippen molar-refractivity contribution in [1.29, 1.82) is 0 Å². The van der Waals surface area contributed by atoms with Gasteiger partial charge in [0.1, 0.15) is 0 Å². The van der Waals surface area contributed by atoms with Crippen molar-refractivity contribution in [2.45, 2.75) is 32.8 Å². The lowest BCUT2D eigenvalue weighted by atomic mass is 10.2. The molecule has 1 nitrogen and oxygen atoms in total. The van der Waals surface area contributed by atoms with Gasteiger partial charge in [-0.05, 0) is 13.3 Å². The number of rotatable bonds is 2. The van der Waals surface area contributed by atoms with Crippen molar-refractivity contribution in [3.63, 3.8) is 0 Å². The summed E-state index contributed by atoms with van der Waals surface area (Å²) in [6.07, 6.45) is 1.91. The van der Waals surface area contributed by atoms with Crippen LogP contribution in [-0.2, 0) is 0 Å². The van der Waals surface area contributed by atoms with Gasteiger partial charge in [0.25, 0.3) is 0 Å². The van der Waals surface area contributed by atoms with Crippen LogP contribution in [0.15, 0.2) is 0 Å². The second kappa shape index (κ2) is 6.25. The van der Waals surface area contributed by atoms with Crippen molar-refractivity contribution in [2.24, 2.45) is 0 Å². The Morgan fingerprint density at radius 3 is 2.00 bits per heavy atom. The topological polar surface area (TPSA) is 20.2 Å². The van der Waals surface area contributed by atoms with Gasteiger partial charge in [0.05, 0.1) is 6.10 Å². The summed E-state index contributed by atoms with van der Waals surface area (Å²) in [6, 6.07) is 0. The first-order chi connectivity index (χ1) is 2.77. The Morgan fingerprint density at radius 2 is 2.00 bits per heavy atom. The van der Waals surface area contributed by atoms with Crippen molar-refractivity contribution in [1.82, 2.24) is 0 Å². The van der Waals surface area contributed by atoms with E-state index in [2.05, 4.69) is 6.92 Å². The molecule has 0 amide bonds. The molecule has 0 aromatic carbocycles. The Balaban J connectivity index is 0. The van der Waals surface area contributed by atoms with E-state index in [0.29, 0.717) is 0 Å². The van der Waals surface area contributed by atoms with Crippen LogP contribution in [0.2, 0.25) is 0 Å². The molecule has 0 radical (unpaired) electrons. The summed E-state index contributed by atoms with van der Waals surface area (Å²) in [4.78, 5) is 0. The van der Waals surface area contributed by atoms with Crippen LogP contribution in [0.25, 0.3) is 0 Å². The molecule has 1 unspecified atom stereocenters. The predicted molar refractivity (Wildman–Crippen MR) is 33.8 cm³/mol. The minimum absolute atomic E-state index is 0. The zero-order valence-electron chi connectivity index (χ0n) is 4.85. The molecule has 0 rings (SSSR count). The molecule has 0 spiro atoms. The largest absolute Gasteiger partial charge is 0.393 e. The molecule has 0 heterocycles. The molecule has 0 aromatic rings. The van der Waals surface area contributed by atoms with E-state index in [-0.39, 0.29) is 18.5 Å². The molecular formula is C5H13ClO. The molecule has 0 fully saturated rings. The van der Waals surface area contributed by atoms with Crippen LogP contribution in [0.5, 0.6) is 0 Å². The minimum atomic E-state index is -0.102. The number of aliphatic hydroxyl groups is 1. The van der Waals surface area contributed by atoms with Crippen LogP contribution >= 0.6 is 12.4 Å². The lowest BCUT2D eigenvalue weighted by molar-refractivity contribution is 0.183. The van der Waals surface area contributed by atoms with Crippen molar-refractivity contribution in [3.8, 4) is 0 Å². The third kappa shape index (κ3) is 10.7. The minimum Gasteiger partial charge on any atom is -0.393 e. The molecule has 0 saturated heterocycles. The van der Waals surface area contributed by atoms with Gasteiger partial charge in [-0.2, -0.15) is 0 Å². The number of halogens is 1. The van der Waals surface area contributed by atoms with Crippen molar-refractivity contribution >= 4 is 12.4 Å². The Kier molecular flexibility index (Phi) is 9.17. The van der Waals surface area contributed by atoms with Crippen molar-refractivity contribution in [3.05, 3.63) is 0 Å². The molecule has 0 aliphatic rings. The molecule has 1 atom stereocenters. The molecule has 1 N–H and O–H groups in total. The van der Waals surface area contributed by atoms with Gasteiger partial charge in [-0.1, -0.05) is 13.3 Å². The second-order valence-electron chi connectivity index (χ2n) is 1.64. The van der Waals surface area contributed by atoms with Gasteiger partial charge in [0.2, 0.25) is 0 Å². The average Bonchev–Trinajstić information content (AvgIpc) is 1.35. The fraction of sp³-hybridized carbons (Fsp3) is 1.00. The highest BCUT2D eigenvalue weighted by atomic mass is 35.5. The molecule has 2 heteroatoms. The summed E-state index contributed by atoms with van der Waals surface area (Å²) < 4.78 is 0. The maximum atomic E-state index is 8.55. The van der Waals surface area contributed by atoms with Crippen LogP contribution in [0.4, 0.5) is 0 Å². The van der Waals surface area contributed by atoms with E-state index in [1.807, 2.05) is 6.92 Å². The Hall–Kier alpha value is 0.250. The van der Waals surface area contributed by atoms with Gasteiger partial charge in [0.15, 0.2) is 0 Å². The first-order valence-corrected chi connectivity index (χ1v) is 2.45. The average molecular weight is 125 g/mol. The quantitative estimate of drug-likeness (QED) is 0.593. The van der Waals surface area contributed by atoms with Crippen LogP contribution in [0.1, 0.15) is 26.7 Å². The zero-order chi connectivity index (χ0) is 4.99. The lowest BCUT2D eigenvalue weighted by Crippen LogP contribution is -1.95. The number of hydrogen-bond acceptors (Lipinski definition) is 1. The van der Waals surface area contributed by atoms with E-state index < -0.39 is 0 Å². The van der Waals surface area contributed by atoms with Gasteiger partial charge in [0, 0.05) is 0 Å². The summed E-state index contributed by atoms with van der Waals surface area (Å²) in [5.41, 5.74) is 0. The van der Waals surface area contributed by atoms with Crippen LogP contribution in [0.3, 0.4) is 0 Å². The monoisotopic (exact) mass is 124 g/mol. The maximum absolute atomic E-state index is 8.55. The summed E-state index contributed by atoms with van der Waals surface area (Å²) >= 11 is 0. The standard InChI is InChI=1S/C5H12O.ClH/c1-3-4-5(2)6;/h5-6H,3-4H2,1-2H3;1H. The van der Waals surface area contributed by atoms with E-state index in [4.69, 9.17) is 5.11 Å². The van der Waals surface area contributed by atoms with Crippen molar-refractivity contribution < 1.29 is 5.11 Å². The molecule has 0 saturated carbocycles. The highest BCUT2D eigenvalue weighted by molar-refractivity contribution is 5.85. The molecular weight excluding hydrogens is 112 g/mol. The van der Waals surface area contributed by atoms with Gasteiger partial charge in [-0.3, -0.25) is 0 Å². The molecule has 0 aliphatic heterocycles. The van der Waals surface area contributed by atoms with Crippen LogP contribution in [0, 0.1) is 0 Å². The van der Waals surface area contributed by atoms with Crippen LogP contribution in [-0.4, -0.2) is 11.2 Å². The number of aliphatic hydroxyl groups excluding tert-OH is 1. The third-order valence-corrected chi connectivity index (χ3v) is 0.706. The van der Waals surface area contributed by atoms with E-state index in [0.717, 1.165) is 12.8 Å².